The standard InChI is InChI=1S/C13H19N3O/c1-10-8-13(12(9-14)11(2)15-10)17-7-5-6-16(3)4/h8H,5-7H2,1-4H3. The molecule has 92 valence electrons. The van der Waals surface area contributed by atoms with E-state index in [1.807, 2.05) is 34.0 Å². The van der Waals surface area contributed by atoms with Gasteiger partial charge < -0.3 is 9.64 Å². The van der Waals surface area contributed by atoms with Crippen LogP contribution in [0.1, 0.15) is 23.4 Å². The number of hydrogen-bond acceptors (Lipinski definition) is 4. The fourth-order valence-corrected chi connectivity index (χ4v) is 1.61. The van der Waals surface area contributed by atoms with Gasteiger partial charge >= 0.3 is 0 Å². The van der Waals surface area contributed by atoms with Crippen molar-refractivity contribution in [1.82, 2.24) is 9.88 Å². The average molecular weight is 233 g/mol. The Morgan fingerprint density at radius 2 is 2.12 bits per heavy atom. The zero-order chi connectivity index (χ0) is 12.8. The molecule has 1 rings (SSSR count). The van der Waals surface area contributed by atoms with Crippen molar-refractivity contribution in [1.29, 1.82) is 5.26 Å². The zero-order valence-electron chi connectivity index (χ0n) is 10.9. The second-order valence-corrected chi connectivity index (χ2v) is 4.34. The first-order valence-corrected chi connectivity index (χ1v) is 5.70. The topological polar surface area (TPSA) is 49.1 Å². The Kier molecular flexibility index (Phi) is 4.92. The van der Waals surface area contributed by atoms with Gasteiger partial charge in [0.1, 0.15) is 17.4 Å². The number of ether oxygens (including phenoxy) is 1. The predicted octanol–water partition coefficient (Wildman–Crippen LogP) is 1.90. The van der Waals surface area contributed by atoms with Crippen LogP contribution in [0.25, 0.3) is 0 Å². The fourth-order valence-electron chi connectivity index (χ4n) is 1.61. The van der Waals surface area contributed by atoms with Gasteiger partial charge in [-0.05, 0) is 34.4 Å². The molecule has 0 aliphatic heterocycles. The van der Waals surface area contributed by atoms with E-state index in [0.29, 0.717) is 17.9 Å². The number of nitriles is 1. The highest BCUT2D eigenvalue weighted by molar-refractivity contribution is 5.46. The lowest BCUT2D eigenvalue weighted by atomic mass is 10.2. The average Bonchev–Trinajstić information content (AvgIpc) is 2.23. The fraction of sp³-hybridized carbons (Fsp3) is 0.538. The molecule has 0 aromatic carbocycles. The van der Waals surface area contributed by atoms with E-state index in [-0.39, 0.29) is 0 Å². The highest BCUT2D eigenvalue weighted by Crippen LogP contribution is 2.21. The second-order valence-electron chi connectivity index (χ2n) is 4.34. The number of nitrogens with zero attached hydrogens (tertiary/aromatic N) is 3. The third-order valence-corrected chi connectivity index (χ3v) is 2.41. The molecule has 17 heavy (non-hydrogen) atoms. The van der Waals surface area contributed by atoms with Gasteiger partial charge in [-0.15, -0.1) is 0 Å². The summed E-state index contributed by atoms with van der Waals surface area (Å²) in [5.41, 5.74) is 2.15. The Hall–Kier alpha value is -1.60. The molecule has 0 aliphatic carbocycles. The first-order valence-electron chi connectivity index (χ1n) is 5.70. The Balaban J connectivity index is 2.67. The molecule has 0 saturated heterocycles. The van der Waals surface area contributed by atoms with Crippen LogP contribution in [-0.2, 0) is 0 Å². The summed E-state index contributed by atoms with van der Waals surface area (Å²) in [6, 6.07) is 3.96. The van der Waals surface area contributed by atoms with Crippen LogP contribution in [-0.4, -0.2) is 37.1 Å². The highest BCUT2D eigenvalue weighted by atomic mass is 16.5. The number of rotatable bonds is 5. The Labute approximate surface area is 103 Å². The van der Waals surface area contributed by atoms with Crippen molar-refractivity contribution in [3.8, 4) is 11.8 Å². The Morgan fingerprint density at radius 1 is 1.41 bits per heavy atom. The van der Waals surface area contributed by atoms with Gasteiger partial charge in [-0.2, -0.15) is 5.26 Å². The van der Waals surface area contributed by atoms with Gasteiger partial charge in [-0.3, -0.25) is 4.98 Å². The van der Waals surface area contributed by atoms with E-state index in [1.54, 1.807) is 0 Å². The molecule has 0 N–H and O–H groups in total. The molecule has 0 amide bonds. The van der Waals surface area contributed by atoms with E-state index >= 15 is 0 Å². The molecule has 4 heteroatoms. The van der Waals surface area contributed by atoms with Crippen molar-refractivity contribution in [2.75, 3.05) is 27.2 Å². The maximum Gasteiger partial charge on any atom is 0.140 e. The van der Waals surface area contributed by atoms with E-state index in [2.05, 4.69) is 16.0 Å². The van der Waals surface area contributed by atoms with Gasteiger partial charge in [0.2, 0.25) is 0 Å². The van der Waals surface area contributed by atoms with E-state index in [4.69, 9.17) is 10.00 Å². The summed E-state index contributed by atoms with van der Waals surface area (Å²) in [4.78, 5) is 6.36. The minimum absolute atomic E-state index is 0.542. The van der Waals surface area contributed by atoms with E-state index < -0.39 is 0 Å². The molecule has 0 spiro atoms. The normalized spacial score (nSPS) is 10.4. The van der Waals surface area contributed by atoms with Gasteiger partial charge in [0.25, 0.3) is 0 Å². The first kappa shape index (κ1) is 13.5. The Morgan fingerprint density at radius 3 is 2.71 bits per heavy atom. The van der Waals surface area contributed by atoms with Crippen molar-refractivity contribution >= 4 is 0 Å². The lowest BCUT2D eigenvalue weighted by Crippen LogP contribution is -2.15. The maximum absolute atomic E-state index is 9.06. The van der Waals surface area contributed by atoms with Crippen LogP contribution in [0.4, 0.5) is 0 Å². The SMILES string of the molecule is Cc1cc(OCCCN(C)C)c(C#N)c(C)n1. The van der Waals surface area contributed by atoms with Crippen molar-refractivity contribution in [3.05, 3.63) is 23.0 Å². The van der Waals surface area contributed by atoms with E-state index in [1.165, 1.54) is 0 Å². The van der Waals surface area contributed by atoms with Crippen molar-refractivity contribution in [2.45, 2.75) is 20.3 Å². The monoisotopic (exact) mass is 233 g/mol. The number of hydrogen-bond donors (Lipinski definition) is 0. The quantitative estimate of drug-likeness (QED) is 0.729. The molecular weight excluding hydrogens is 214 g/mol. The molecule has 0 bridgehead atoms. The molecule has 1 heterocycles. The Bertz CT molecular complexity index is 421. The summed E-state index contributed by atoms with van der Waals surface area (Å²) in [6.07, 6.45) is 0.943. The molecule has 0 atom stereocenters. The smallest absolute Gasteiger partial charge is 0.140 e. The summed E-state index contributed by atoms with van der Waals surface area (Å²) < 4.78 is 5.65. The van der Waals surface area contributed by atoms with Crippen molar-refractivity contribution in [3.63, 3.8) is 0 Å². The van der Waals surface area contributed by atoms with Gasteiger partial charge in [0.15, 0.2) is 0 Å². The van der Waals surface area contributed by atoms with Gasteiger partial charge in [-0.25, -0.2) is 0 Å². The summed E-state index contributed by atoms with van der Waals surface area (Å²) in [5.74, 6) is 0.649. The molecule has 0 aliphatic rings. The molecule has 0 saturated carbocycles. The van der Waals surface area contributed by atoms with Crippen LogP contribution in [0.5, 0.6) is 5.75 Å². The molecule has 0 radical (unpaired) electrons. The molecule has 0 unspecified atom stereocenters. The first-order chi connectivity index (χ1) is 8.04. The summed E-state index contributed by atoms with van der Waals surface area (Å²) in [7, 11) is 4.06. The largest absolute Gasteiger partial charge is 0.492 e. The molecule has 1 aromatic heterocycles. The summed E-state index contributed by atoms with van der Waals surface area (Å²) in [6.45, 7) is 5.33. The second kappa shape index (κ2) is 6.21. The van der Waals surface area contributed by atoms with Crippen LogP contribution in [0.15, 0.2) is 6.07 Å². The number of pyridine rings is 1. The zero-order valence-corrected chi connectivity index (χ0v) is 10.9. The molecule has 0 fully saturated rings. The van der Waals surface area contributed by atoms with Gasteiger partial charge in [0.05, 0.1) is 12.3 Å². The molecular formula is C13H19N3O. The molecule has 1 aromatic rings. The lowest BCUT2D eigenvalue weighted by Gasteiger charge is -2.12. The lowest BCUT2D eigenvalue weighted by molar-refractivity contribution is 0.280. The highest BCUT2D eigenvalue weighted by Gasteiger charge is 2.08. The minimum Gasteiger partial charge on any atom is -0.492 e. The summed E-state index contributed by atoms with van der Waals surface area (Å²) in [5, 5.41) is 9.06. The predicted molar refractivity (Wildman–Crippen MR) is 67.1 cm³/mol. The van der Waals surface area contributed by atoms with Gasteiger partial charge in [0, 0.05) is 18.3 Å². The van der Waals surface area contributed by atoms with Crippen molar-refractivity contribution < 1.29 is 4.74 Å². The summed E-state index contributed by atoms with van der Waals surface area (Å²) >= 11 is 0. The number of aryl methyl sites for hydroxylation is 2. The van der Waals surface area contributed by atoms with Crippen LogP contribution in [0.3, 0.4) is 0 Å². The third-order valence-electron chi connectivity index (χ3n) is 2.41. The van der Waals surface area contributed by atoms with Crippen LogP contribution in [0.2, 0.25) is 0 Å². The van der Waals surface area contributed by atoms with Crippen LogP contribution < -0.4 is 4.74 Å². The third kappa shape index (κ3) is 4.04. The van der Waals surface area contributed by atoms with Crippen LogP contribution >= 0.6 is 0 Å². The van der Waals surface area contributed by atoms with Crippen LogP contribution in [0, 0.1) is 25.2 Å². The van der Waals surface area contributed by atoms with E-state index in [0.717, 1.165) is 24.4 Å². The van der Waals surface area contributed by atoms with E-state index in [9.17, 15) is 0 Å². The van der Waals surface area contributed by atoms with Gasteiger partial charge in [-0.1, -0.05) is 0 Å². The molecule has 4 nitrogen and oxygen atoms in total. The number of aromatic nitrogens is 1. The maximum atomic E-state index is 9.06. The minimum atomic E-state index is 0.542. The van der Waals surface area contributed by atoms with Crippen molar-refractivity contribution in [2.24, 2.45) is 0 Å².